The molecule has 0 radical (unpaired) electrons. The van der Waals surface area contributed by atoms with E-state index in [1.54, 1.807) is 19.1 Å². The number of unbranched alkanes of at least 4 members (excludes halogenated alkanes) is 2. The summed E-state index contributed by atoms with van der Waals surface area (Å²) in [5.74, 6) is 6.25. The van der Waals surface area contributed by atoms with Crippen LogP contribution >= 0.6 is 0 Å². The lowest BCUT2D eigenvalue weighted by molar-refractivity contribution is -0.137. The van der Waals surface area contributed by atoms with Crippen LogP contribution in [0.4, 0.5) is 0 Å². The Morgan fingerprint density at radius 1 is 1.04 bits per heavy atom. The molecule has 0 amide bonds. The van der Waals surface area contributed by atoms with Crippen LogP contribution in [0, 0.1) is 11.8 Å². The summed E-state index contributed by atoms with van der Waals surface area (Å²) in [7, 11) is 0. The number of phenolic OH excluding ortho intramolecular Hbond substituents is 1. The highest BCUT2D eigenvalue weighted by Gasteiger charge is 2.35. The van der Waals surface area contributed by atoms with Crippen molar-refractivity contribution in [2.75, 3.05) is 13.2 Å². The number of benzene rings is 2. The van der Waals surface area contributed by atoms with Crippen molar-refractivity contribution in [2.45, 2.75) is 160 Å². The number of allylic oxidation sites excluding steroid dienone is 2. The van der Waals surface area contributed by atoms with Crippen LogP contribution in [-0.2, 0) is 24.1 Å². The summed E-state index contributed by atoms with van der Waals surface area (Å²) >= 11 is 0. The van der Waals surface area contributed by atoms with Crippen molar-refractivity contribution >= 4 is 5.97 Å². The molecule has 3 rings (SSSR count). The average molecular weight is 761 g/mol. The molecule has 2 aromatic rings. The molecule has 1 aliphatic rings. The first kappa shape index (κ1) is 45.9. The first-order chi connectivity index (χ1) is 26.4. The minimum absolute atomic E-state index is 0.0176. The molecule has 0 saturated heterocycles. The fraction of sp³-hybridized carbons (Fsp3) is 0.587. The zero-order valence-corrected chi connectivity index (χ0v) is 33.7. The molecule has 0 fully saturated rings. The number of hydrogen-bond donors (Lipinski definition) is 8. The number of carboxylic acid groups (broad SMARTS) is 1. The lowest BCUT2D eigenvalue weighted by Crippen LogP contribution is -2.54. The number of phenols is 1. The molecule has 0 aliphatic carbocycles. The molecule has 0 bridgehead atoms. The highest BCUT2D eigenvalue weighted by atomic mass is 16.4. The number of aryl methyl sites for hydroxylation is 2. The summed E-state index contributed by atoms with van der Waals surface area (Å²) in [6.07, 6.45) is 11.5. The Kier molecular flexibility index (Phi) is 20.2. The SMILES string of the molecule is CCCCC[C@H](O)C=CC1=C(C[C@H](O)CO)[C@H](CCC[C@H](CCC(=O)O)NCC)N[C@@H]([C@@](C)(O)Cc2ccc(O)cc2)CC#Cc2c(CC)cccc2CC1. The second kappa shape index (κ2) is 24.2. The van der Waals surface area contributed by atoms with Crippen molar-refractivity contribution in [1.29, 1.82) is 0 Å². The van der Waals surface area contributed by atoms with Gasteiger partial charge < -0.3 is 41.3 Å². The molecule has 1 aliphatic heterocycles. The molecule has 0 aromatic heterocycles. The second-order valence-corrected chi connectivity index (χ2v) is 15.4. The Morgan fingerprint density at radius 3 is 2.47 bits per heavy atom. The predicted molar refractivity (Wildman–Crippen MR) is 221 cm³/mol. The number of aliphatic hydroxyl groups excluding tert-OH is 3. The number of carbonyl (C=O) groups is 1. The Bertz CT molecular complexity index is 1570. The lowest BCUT2D eigenvalue weighted by Gasteiger charge is -2.38. The summed E-state index contributed by atoms with van der Waals surface area (Å²) < 4.78 is 0. The first-order valence-electron chi connectivity index (χ1n) is 20.6. The molecule has 8 N–H and O–H groups in total. The molecule has 2 aromatic carbocycles. The minimum atomic E-state index is -1.29. The maximum absolute atomic E-state index is 12.3. The van der Waals surface area contributed by atoms with Gasteiger partial charge in [-0.05, 0) is 105 Å². The highest BCUT2D eigenvalue weighted by Crippen LogP contribution is 2.30. The van der Waals surface area contributed by atoms with E-state index in [0.29, 0.717) is 44.9 Å². The quantitative estimate of drug-likeness (QED) is 0.0494. The van der Waals surface area contributed by atoms with Crippen molar-refractivity contribution < 1.29 is 35.4 Å². The number of carboxylic acids is 1. The van der Waals surface area contributed by atoms with Crippen LogP contribution in [0.2, 0.25) is 0 Å². The lowest BCUT2D eigenvalue weighted by atomic mass is 9.83. The van der Waals surface area contributed by atoms with Crippen LogP contribution in [0.15, 0.2) is 65.8 Å². The van der Waals surface area contributed by atoms with Gasteiger partial charge in [0.2, 0.25) is 0 Å². The van der Waals surface area contributed by atoms with E-state index in [1.165, 1.54) is 0 Å². The molecular weight excluding hydrogens is 693 g/mol. The van der Waals surface area contributed by atoms with Crippen LogP contribution in [0.1, 0.15) is 127 Å². The van der Waals surface area contributed by atoms with Crippen LogP contribution in [0.5, 0.6) is 5.75 Å². The first-order valence-corrected chi connectivity index (χ1v) is 20.6. The Hall–Kier alpha value is -3.49. The van der Waals surface area contributed by atoms with E-state index in [0.717, 1.165) is 78.5 Å². The van der Waals surface area contributed by atoms with Gasteiger partial charge in [-0.2, -0.15) is 0 Å². The van der Waals surface area contributed by atoms with Gasteiger partial charge in [-0.15, -0.1) is 0 Å². The zero-order chi connectivity index (χ0) is 40.2. The number of aliphatic carboxylic acids is 1. The number of hydrogen-bond acceptors (Lipinski definition) is 8. The second-order valence-electron chi connectivity index (χ2n) is 15.4. The third kappa shape index (κ3) is 15.9. The summed E-state index contributed by atoms with van der Waals surface area (Å²) in [6, 6.07) is 12.3. The van der Waals surface area contributed by atoms with Gasteiger partial charge in [0.05, 0.1) is 24.4 Å². The Labute approximate surface area is 330 Å². The third-order valence-electron chi connectivity index (χ3n) is 10.8. The normalized spacial score (nSPS) is 19.3. The summed E-state index contributed by atoms with van der Waals surface area (Å²) in [5, 5.41) is 71.2. The van der Waals surface area contributed by atoms with Gasteiger partial charge in [0.25, 0.3) is 0 Å². The van der Waals surface area contributed by atoms with E-state index in [9.17, 15) is 35.4 Å². The predicted octanol–water partition coefficient (Wildman–Crippen LogP) is 6.51. The molecule has 0 unspecified atom stereocenters. The van der Waals surface area contributed by atoms with Crippen molar-refractivity contribution in [3.05, 3.63) is 88.0 Å². The fourth-order valence-corrected chi connectivity index (χ4v) is 7.63. The molecule has 6 atom stereocenters. The van der Waals surface area contributed by atoms with E-state index >= 15 is 0 Å². The van der Waals surface area contributed by atoms with Crippen molar-refractivity contribution in [3.63, 3.8) is 0 Å². The maximum atomic E-state index is 12.3. The third-order valence-corrected chi connectivity index (χ3v) is 10.8. The number of aliphatic hydroxyl groups is 4. The van der Waals surface area contributed by atoms with E-state index in [-0.39, 0.29) is 30.7 Å². The van der Waals surface area contributed by atoms with E-state index in [2.05, 4.69) is 54.5 Å². The standard InChI is InChI=1S/C46H68N2O7/c1-5-8-9-16-38(50)28-24-36-23-22-35-14-10-13-34(6-2)41(35)17-12-19-44(46(4,55)31-33-20-26-39(51)27-21-33)48-43(42(36)30-40(52)32-49)18-11-15-37(47-7-3)25-29-45(53)54/h10,13-14,20-21,24,26-28,37-38,40,43-44,47-52,55H,5-9,11,15-16,18-19,22-23,25,29-32H2,1-4H3,(H,53,54)/t37-,38+,40+,43+,44-,46+/m1/s1. The van der Waals surface area contributed by atoms with Crippen molar-refractivity contribution in [2.24, 2.45) is 0 Å². The van der Waals surface area contributed by atoms with Crippen molar-refractivity contribution in [3.8, 4) is 17.6 Å². The molecule has 55 heavy (non-hydrogen) atoms. The molecule has 9 nitrogen and oxygen atoms in total. The number of rotatable bonds is 22. The molecule has 1 heterocycles. The smallest absolute Gasteiger partial charge is 0.303 e. The van der Waals surface area contributed by atoms with Gasteiger partial charge in [0, 0.05) is 43.0 Å². The number of aromatic hydroxyl groups is 1. The fourth-order valence-electron chi connectivity index (χ4n) is 7.63. The van der Waals surface area contributed by atoms with Crippen molar-refractivity contribution in [1.82, 2.24) is 10.6 Å². The van der Waals surface area contributed by atoms with Gasteiger partial charge in [-0.25, -0.2) is 0 Å². The Morgan fingerprint density at radius 2 is 1.80 bits per heavy atom. The largest absolute Gasteiger partial charge is 0.508 e. The van der Waals surface area contributed by atoms with E-state index in [1.807, 2.05) is 31.2 Å². The highest BCUT2D eigenvalue weighted by molar-refractivity contribution is 5.66. The van der Waals surface area contributed by atoms with Gasteiger partial charge >= 0.3 is 5.97 Å². The van der Waals surface area contributed by atoms with Crippen LogP contribution < -0.4 is 10.6 Å². The molecule has 304 valence electrons. The summed E-state index contributed by atoms with van der Waals surface area (Å²) in [4.78, 5) is 11.4. The van der Waals surface area contributed by atoms with E-state index in [4.69, 9.17) is 0 Å². The zero-order valence-electron chi connectivity index (χ0n) is 33.7. The monoisotopic (exact) mass is 761 g/mol. The van der Waals surface area contributed by atoms with Crippen LogP contribution in [0.25, 0.3) is 0 Å². The molecular formula is C46H68N2O7. The van der Waals surface area contributed by atoms with Gasteiger partial charge in [0.1, 0.15) is 5.75 Å². The topological polar surface area (TPSA) is 163 Å². The summed E-state index contributed by atoms with van der Waals surface area (Å²) in [5.41, 5.74) is 4.71. The summed E-state index contributed by atoms with van der Waals surface area (Å²) in [6.45, 7) is 8.38. The van der Waals surface area contributed by atoms with Gasteiger partial charge in [-0.1, -0.05) is 101 Å². The number of fused-ring (bicyclic) bond motifs is 1. The van der Waals surface area contributed by atoms with Crippen LogP contribution in [-0.4, -0.2) is 85.7 Å². The van der Waals surface area contributed by atoms with Crippen LogP contribution in [0.3, 0.4) is 0 Å². The maximum Gasteiger partial charge on any atom is 0.303 e. The minimum Gasteiger partial charge on any atom is -0.508 e. The van der Waals surface area contributed by atoms with E-state index < -0.39 is 36.4 Å². The Balaban J connectivity index is 2.21. The average Bonchev–Trinajstić information content (AvgIpc) is 3.15. The van der Waals surface area contributed by atoms with Gasteiger partial charge in [0.15, 0.2) is 0 Å². The molecule has 0 spiro atoms. The number of nitrogens with one attached hydrogen (secondary N) is 2. The molecule has 0 saturated carbocycles. The van der Waals surface area contributed by atoms with Gasteiger partial charge in [-0.3, -0.25) is 4.79 Å². The molecule has 9 heteroatoms.